The second kappa shape index (κ2) is 10.4. The summed E-state index contributed by atoms with van der Waals surface area (Å²) >= 11 is 0. The van der Waals surface area contributed by atoms with Crippen LogP contribution in [0.4, 0.5) is 0 Å². The van der Waals surface area contributed by atoms with E-state index >= 15 is 0 Å². The number of esters is 1. The normalized spacial score (nSPS) is 10.3. The summed E-state index contributed by atoms with van der Waals surface area (Å²) in [6.07, 6.45) is 1.26. The van der Waals surface area contributed by atoms with Crippen LogP contribution in [0.5, 0.6) is 5.75 Å². The molecule has 5 nitrogen and oxygen atoms in total. The fourth-order valence-electron chi connectivity index (χ4n) is 2.74. The van der Waals surface area contributed by atoms with Gasteiger partial charge in [0.1, 0.15) is 5.75 Å². The lowest BCUT2D eigenvalue weighted by Crippen LogP contribution is -2.33. The molecule has 27 heavy (non-hydrogen) atoms. The summed E-state index contributed by atoms with van der Waals surface area (Å²) in [5.74, 6) is 0.474. The Balaban J connectivity index is 2.01. The summed E-state index contributed by atoms with van der Waals surface area (Å²) in [5, 5.41) is 0. The zero-order chi connectivity index (χ0) is 19.6. The Labute approximate surface area is 160 Å². The Kier molecular flexibility index (Phi) is 7.86. The van der Waals surface area contributed by atoms with Crippen molar-refractivity contribution in [3.05, 3.63) is 65.2 Å². The molecule has 0 aliphatic heterocycles. The maximum Gasteiger partial charge on any atom is 0.307 e. The maximum absolute atomic E-state index is 12.8. The molecule has 0 aliphatic carbocycles. The summed E-state index contributed by atoms with van der Waals surface area (Å²) in [4.78, 5) is 26.0. The molecule has 0 N–H and O–H groups in total. The van der Waals surface area contributed by atoms with Gasteiger partial charge >= 0.3 is 5.97 Å². The molecule has 0 aromatic heterocycles. The topological polar surface area (TPSA) is 55.8 Å². The molecule has 2 aromatic carbocycles. The molecule has 0 atom stereocenters. The van der Waals surface area contributed by atoms with E-state index in [9.17, 15) is 9.59 Å². The zero-order valence-electron chi connectivity index (χ0n) is 16.2. The summed E-state index contributed by atoms with van der Waals surface area (Å²) in [5.41, 5.74) is 3.32. The number of amides is 1. The minimum atomic E-state index is -0.318. The average molecular weight is 369 g/mol. The average Bonchev–Trinajstić information content (AvgIpc) is 2.70. The van der Waals surface area contributed by atoms with E-state index in [0.717, 1.165) is 16.9 Å². The molecule has 144 valence electrons. The Morgan fingerprint density at radius 1 is 0.889 bits per heavy atom. The van der Waals surface area contributed by atoms with Crippen LogP contribution in [0.25, 0.3) is 0 Å². The fraction of sp³-hybridized carbons (Fsp3) is 0.364. The van der Waals surface area contributed by atoms with Crippen molar-refractivity contribution in [2.75, 3.05) is 20.8 Å². The van der Waals surface area contributed by atoms with Gasteiger partial charge in [-0.05, 0) is 36.6 Å². The van der Waals surface area contributed by atoms with Crippen LogP contribution >= 0.6 is 0 Å². The van der Waals surface area contributed by atoms with Crippen molar-refractivity contribution < 1.29 is 19.1 Å². The number of ether oxygens (including phenoxy) is 2. The van der Waals surface area contributed by atoms with Crippen LogP contribution in [0.15, 0.2) is 48.5 Å². The standard InChI is InChI=1S/C22H27NO4/c1-17-4-6-18(7-5-17)10-13-21(24)23(15-14-22(25)27-3)16-19-8-11-20(26-2)12-9-19/h4-9,11-12H,10,13-16H2,1-3H3. The molecule has 2 aromatic rings. The van der Waals surface area contributed by atoms with Gasteiger partial charge in [0.15, 0.2) is 0 Å². The fourth-order valence-corrected chi connectivity index (χ4v) is 2.74. The van der Waals surface area contributed by atoms with Crippen molar-refractivity contribution in [3.63, 3.8) is 0 Å². The third-order valence-corrected chi connectivity index (χ3v) is 4.45. The number of hydrogen-bond donors (Lipinski definition) is 0. The van der Waals surface area contributed by atoms with Crippen LogP contribution in [0.2, 0.25) is 0 Å². The van der Waals surface area contributed by atoms with Gasteiger partial charge in [-0.1, -0.05) is 42.0 Å². The molecule has 0 bridgehead atoms. The van der Waals surface area contributed by atoms with Gasteiger partial charge in [0.25, 0.3) is 0 Å². The maximum atomic E-state index is 12.8. The lowest BCUT2D eigenvalue weighted by atomic mass is 10.1. The van der Waals surface area contributed by atoms with Crippen LogP contribution in [0, 0.1) is 6.92 Å². The quantitative estimate of drug-likeness (QED) is 0.635. The van der Waals surface area contributed by atoms with Crippen molar-refractivity contribution in [3.8, 4) is 5.75 Å². The third kappa shape index (κ3) is 6.77. The predicted molar refractivity (Wildman–Crippen MR) is 105 cm³/mol. The third-order valence-electron chi connectivity index (χ3n) is 4.45. The molecular weight excluding hydrogens is 342 g/mol. The second-order valence-corrected chi connectivity index (χ2v) is 6.48. The highest BCUT2D eigenvalue weighted by Crippen LogP contribution is 2.15. The molecular formula is C22H27NO4. The summed E-state index contributed by atoms with van der Waals surface area (Å²) in [6, 6.07) is 15.8. The van der Waals surface area contributed by atoms with Crippen LogP contribution in [0.1, 0.15) is 29.5 Å². The van der Waals surface area contributed by atoms with Gasteiger partial charge in [-0.25, -0.2) is 0 Å². The number of rotatable bonds is 9. The molecule has 0 fully saturated rings. The number of carbonyl (C=O) groups excluding carboxylic acids is 2. The number of benzene rings is 2. The molecule has 0 saturated heterocycles. The van der Waals surface area contributed by atoms with E-state index in [-0.39, 0.29) is 18.3 Å². The predicted octanol–water partition coefficient (Wildman–Crippen LogP) is 3.53. The number of carbonyl (C=O) groups is 2. The molecule has 0 heterocycles. The highest BCUT2D eigenvalue weighted by molar-refractivity contribution is 5.77. The van der Waals surface area contributed by atoms with Crippen LogP contribution in [0.3, 0.4) is 0 Å². The Bertz CT molecular complexity index is 738. The van der Waals surface area contributed by atoms with E-state index in [1.54, 1.807) is 12.0 Å². The van der Waals surface area contributed by atoms with Gasteiger partial charge in [-0.2, -0.15) is 0 Å². The van der Waals surface area contributed by atoms with Crippen LogP contribution < -0.4 is 4.74 Å². The Morgan fingerprint density at radius 3 is 2.11 bits per heavy atom. The van der Waals surface area contributed by atoms with E-state index in [4.69, 9.17) is 9.47 Å². The minimum absolute atomic E-state index is 0.0234. The first-order valence-electron chi connectivity index (χ1n) is 9.05. The first-order chi connectivity index (χ1) is 13.0. The van der Waals surface area contributed by atoms with Crippen molar-refractivity contribution >= 4 is 11.9 Å². The summed E-state index contributed by atoms with van der Waals surface area (Å²) in [7, 11) is 2.97. The molecule has 0 saturated carbocycles. The molecule has 5 heteroatoms. The largest absolute Gasteiger partial charge is 0.497 e. The number of aryl methyl sites for hydroxylation is 2. The lowest BCUT2D eigenvalue weighted by Gasteiger charge is -2.23. The molecule has 0 spiro atoms. The van der Waals surface area contributed by atoms with Gasteiger partial charge in [-0.3, -0.25) is 9.59 Å². The Hall–Kier alpha value is -2.82. The monoisotopic (exact) mass is 369 g/mol. The number of hydrogen-bond acceptors (Lipinski definition) is 4. The van der Waals surface area contributed by atoms with Crippen molar-refractivity contribution in [2.24, 2.45) is 0 Å². The van der Waals surface area contributed by atoms with E-state index < -0.39 is 0 Å². The van der Waals surface area contributed by atoms with E-state index in [1.807, 2.05) is 55.5 Å². The Morgan fingerprint density at radius 2 is 1.52 bits per heavy atom. The minimum Gasteiger partial charge on any atom is -0.497 e. The van der Waals surface area contributed by atoms with E-state index in [1.165, 1.54) is 12.7 Å². The van der Waals surface area contributed by atoms with Crippen LogP contribution in [-0.4, -0.2) is 37.5 Å². The number of nitrogens with zero attached hydrogens (tertiary/aromatic N) is 1. The molecule has 1 amide bonds. The van der Waals surface area contributed by atoms with Crippen LogP contribution in [-0.2, 0) is 27.3 Å². The van der Waals surface area contributed by atoms with Crippen molar-refractivity contribution in [1.82, 2.24) is 4.90 Å². The van der Waals surface area contributed by atoms with Gasteiger partial charge in [0.2, 0.25) is 5.91 Å². The summed E-state index contributed by atoms with van der Waals surface area (Å²) in [6.45, 7) is 2.83. The van der Waals surface area contributed by atoms with Gasteiger partial charge in [-0.15, -0.1) is 0 Å². The first kappa shape index (κ1) is 20.5. The number of methoxy groups -OCH3 is 2. The van der Waals surface area contributed by atoms with E-state index in [2.05, 4.69) is 0 Å². The van der Waals surface area contributed by atoms with E-state index in [0.29, 0.717) is 25.9 Å². The molecule has 0 aliphatic rings. The smallest absolute Gasteiger partial charge is 0.307 e. The highest BCUT2D eigenvalue weighted by Gasteiger charge is 2.16. The van der Waals surface area contributed by atoms with Gasteiger partial charge in [0, 0.05) is 19.5 Å². The molecule has 0 unspecified atom stereocenters. The molecule has 0 radical (unpaired) electrons. The van der Waals surface area contributed by atoms with Gasteiger partial charge in [0.05, 0.1) is 20.6 Å². The zero-order valence-corrected chi connectivity index (χ0v) is 16.2. The SMILES string of the molecule is COC(=O)CCN(Cc1ccc(OC)cc1)C(=O)CCc1ccc(C)cc1. The van der Waals surface area contributed by atoms with Gasteiger partial charge < -0.3 is 14.4 Å². The van der Waals surface area contributed by atoms with Crippen molar-refractivity contribution in [1.29, 1.82) is 0 Å². The highest BCUT2D eigenvalue weighted by atomic mass is 16.5. The second-order valence-electron chi connectivity index (χ2n) is 6.48. The molecule has 2 rings (SSSR count). The first-order valence-corrected chi connectivity index (χ1v) is 9.05. The lowest BCUT2D eigenvalue weighted by molar-refractivity contribution is -0.141. The summed E-state index contributed by atoms with van der Waals surface area (Å²) < 4.78 is 9.88. The van der Waals surface area contributed by atoms with Crippen molar-refractivity contribution in [2.45, 2.75) is 32.7 Å².